The summed E-state index contributed by atoms with van der Waals surface area (Å²) >= 11 is 5.54. The van der Waals surface area contributed by atoms with E-state index in [1.165, 1.54) is 30.5 Å². The largest absolute Gasteiger partial charge is 1.00 e. The van der Waals surface area contributed by atoms with Crippen molar-refractivity contribution in [1.29, 1.82) is 0 Å². The van der Waals surface area contributed by atoms with Gasteiger partial charge in [-0.2, -0.15) is 0 Å². The van der Waals surface area contributed by atoms with E-state index in [0.29, 0.717) is 5.69 Å². The normalized spacial score (nSPS) is 9.58. The second-order valence-corrected chi connectivity index (χ2v) is 3.85. The van der Waals surface area contributed by atoms with E-state index in [9.17, 15) is 14.3 Å². The third-order valence-corrected chi connectivity index (χ3v) is 2.52. The molecule has 0 aliphatic rings. The van der Waals surface area contributed by atoms with Gasteiger partial charge in [0.1, 0.15) is 11.6 Å². The molecule has 1 N–H and O–H groups in total. The topological polar surface area (TPSA) is 65.0 Å². The molecular formula is C12H7ClFKN2O2. The molecule has 0 unspecified atom stereocenters. The number of carbonyl (C=O) groups is 1. The van der Waals surface area contributed by atoms with Gasteiger partial charge in [0.15, 0.2) is 0 Å². The molecule has 4 nitrogen and oxygen atoms in total. The van der Waals surface area contributed by atoms with Crippen molar-refractivity contribution in [2.45, 2.75) is 0 Å². The van der Waals surface area contributed by atoms with E-state index < -0.39 is 11.8 Å². The number of anilines is 2. The number of hydrogen-bond donors (Lipinski definition) is 1. The van der Waals surface area contributed by atoms with Gasteiger partial charge in [0.05, 0.1) is 11.0 Å². The van der Waals surface area contributed by atoms with E-state index in [0.717, 1.165) is 6.07 Å². The number of carboxylic acid groups (broad SMARTS) is 1. The average molecular weight is 305 g/mol. The van der Waals surface area contributed by atoms with E-state index in [1.807, 2.05) is 0 Å². The van der Waals surface area contributed by atoms with Crippen LogP contribution in [0.2, 0.25) is 5.02 Å². The number of benzene rings is 1. The molecule has 2 rings (SSSR count). The number of pyridine rings is 1. The molecule has 0 atom stereocenters. The fourth-order valence-corrected chi connectivity index (χ4v) is 1.50. The average Bonchev–Trinajstić information content (AvgIpc) is 2.34. The van der Waals surface area contributed by atoms with E-state index >= 15 is 0 Å². The van der Waals surface area contributed by atoms with Crippen LogP contribution in [0.4, 0.5) is 15.9 Å². The van der Waals surface area contributed by atoms with Crippen LogP contribution in [0.3, 0.4) is 0 Å². The van der Waals surface area contributed by atoms with Crippen LogP contribution in [-0.4, -0.2) is 11.0 Å². The summed E-state index contributed by atoms with van der Waals surface area (Å²) in [5.74, 6) is -1.88. The van der Waals surface area contributed by atoms with Gasteiger partial charge in [0.2, 0.25) is 0 Å². The predicted octanol–water partition coefficient (Wildman–Crippen LogP) is -1.01. The maximum absolute atomic E-state index is 13.2. The number of hydrogen-bond acceptors (Lipinski definition) is 4. The Morgan fingerprint density at radius 2 is 2.11 bits per heavy atom. The fraction of sp³-hybridized carbons (Fsp3) is 0. The van der Waals surface area contributed by atoms with Gasteiger partial charge < -0.3 is 15.2 Å². The minimum absolute atomic E-state index is 0. The van der Waals surface area contributed by atoms with Crippen LogP contribution in [0.25, 0.3) is 0 Å². The first-order valence-corrected chi connectivity index (χ1v) is 5.34. The third kappa shape index (κ3) is 4.24. The maximum Gasteiger partial charge on any atom is 1.00 e. The number of nitrogens with one attached hydrogen (secondary N) is 1. The van der Waals surface area contributed by atoms with E-state index in [2.05, 4.69) is 10.3 Å². The van der Waals surface area contributed by atoms with Crippen molar-refractivity contribution in [2.75, 3.05) is 5.32 Å². The molecule has 0 saturated heterocycles. The number of carboxylic acids is 1. The van der Waals surface area contributed by atoms with Gasteiger partial charge in [-0.15, -0.1) is 0 Å². The van der Waals surface area contributed by atoms with Crippen LogP contribution in [0.5, 0.6) is 0 Å². The van der Waals surface area contributed by atoms with Crippen LogP contribution >= 0.6 is 11.6 Å². The second kappa shape index (κ2) is 7.32. The summed E-state index contributed by atoms with van der Waals surface area (Å²) in [7, 11) is 0. The van der Waals surface area contributed by atoms with Gasteiger partial charge in [0, 0.05) is 17.4 Å². The number of aromatic carboxylic acids is 1. The van der Waals surface area contributed by atoms with Crippen molar-refractivity contribution >= 4 is 29.1 Å². The monoisotopic (exact) mass is 304 g/mol. The molecule has 2 aromatic rings. The Morgan fingerprint density at radius 1 is 1.37 bits per heavy atom. The Balaban J connectivity index is 0.00000180. The quantitative estimate of drug-likeness (QED) is 0.738. The van der Waals surface area contributed by atoms with Gasteiger partial charge in [0.25, 0.3) is 0 Å². The smallest absolute Gasteiger partial charge is 0.545 e. The molecule has 0 saturated carbocycles. The first kappa shape index (κ1) is 16.6. The van der Waals surface area contributed by atoms with Gasteiger partial charge in [-0.25, -0.2) is 9.37 Å². The number of nitrogens with zero attached hydrogens (tertiary/aromatic N) is 1. The minimum atomic E-state index is -1.36. The Kier molecular flexibility index (Phi) is 6.38. The first-order chi connectivity index (χ1) is 8.58. The Labute approximate surface area is 156 Å². The van der Waals surface area contributed by atoms with Crippen LogP contribution in [0, 0.1) is 5.82 Å². The molecule has 1 aromatic carbocycles. The van der Waals surface area contributed by atoms with Gasteiger partial charge in [-0.1, -0.05) is 11.6 Å². The van der Waals surface area contributed by atoms with Crippen LogP contribution in [0.15, 0.2) is 36.5 Å². The van der Waals surface area contributed by atoms with Crippen molar-refractivity contribution in [3.8, 4) is 0 Å². The van der Waals surface area contributed by atoms with Crippen molar-refractivity contribution < 1.29 is 65.7 Å². The fourth-order valence-electron chi connectivity index (χ4n) is 1.38. The van der Waals surface area contributed by atoms with E-state index in [1.54, 1.807) is 0 Å². The molecule has 0 fully saturated rings. The standard InChI is InChI=1S/C12H8ClFN2O2.K/c13-9-4-3-7(6-10(9)14)16-11-8(12(17)18)2-1-5-15-11;/h1-6H,(H,15,16)(H,17,18);/q;+1/p-1. The maximum atomic E-state index is 13.2. The molecule has 19 heavy (non-hydrogen) atoms. The zero-order valence-electron chi connectivity index (χ0n) is 9.98. The molecule has 0 amide bonds. The van der Waals surface area contributed by atoms with E-state index in [4.69, 9.17) is 11.6 Å². The minimum Gasteiger partial charge on any atom is -0.545 e. The summed E-state index contributed by atoms with van der Waals surface area (Å²) in [6.45, 7) is 0. The third-order valence-electron chi connectivity index (χ3n) is 2.21. The summed E-state index contributed by atoms with van der Waals surface area (Å²) in [4.78, 5) is 14.7. The second-order valence-electron chi connectivity index (χ2n) is 3.44. The summed E-state index contributed by atoms with van der Waals surface area (Å²) < 4.78 is 13.2. The van der Waals surface area contributed by atoms with Crippen LogP contribution in [0.1, 0.15) is 10.4 Å². The van der Waals surface area contributed by atoms with Crippen molar-refractivity contribution in [3.05, 3.63) is 52.9 Å². The van der Waals surface area contributed by atoms with Crippen molar-refractivity contribution in [1.82, 2.24) is 4.98 Å². The summed E-state index contributed by atoms with van der Waals surface area (Å²) in [5, 5.41) is 13.5. The van der Waals surface area contributed by atoms with Crippen LogP contribution in [-0.2, 0) is 0 Å². The molecule has 7 heteroatoms. The van der Waals surface area contributed by atoms with Crippen molar-refractivity contribution in [3.63, 3.8) is 0 Å². The summed E-state index contributed by atoms with van der Waals surface area (Å²) in [6, 6.07) is 6.84. The van der Waals surface area contributed by atoms with E-state index in [-0.39, 0.29) is 67.8 Å². The molecule has 0 radical (unpaired) electrons. The SMILES string of the molecule is O=C([O-])c1cccnc1Nc1ccc(Cl)c(F)c1.[K+]. The predicted molar refractivity (Wildman–Crippen MR) is 63.3 cm³/mol. The molecule has 0 bridgehead atoms. The summed E-state index contributed by atoms with van der Waals surface area (Å²) in [6.07, 6.45) is 1.42. The van der Waals surface area contributed by atoms with Crippen molar-refractivity contribution in [2.24, 2.45) is 0 Å². The Morgan fingerprint density at radius 3 is 2.74 bits per heavy atom. The van der Waals surface area contributed by atoms with Gasteiger partial charge in [-0.3, -0.25) is 0 Å². The summed E-state index contributed by atoms with van der Waals surface area (Å²) in [5.41, 5.74) is 0.242. The molecule has 0 aliphatic heterocycles. The number of halogens is 2. The van der Waals surface area contributed by atoms with Crippen LogP contribution < -0.4 is 61.8 Å². The van der Waals surface area contributed by atoms with Gasteiger partial charge in [-0.05, 0) is 30.3 Å². The molecule has 92 valence electrons. The molecule has 0 spiro atoms. The molecule has 1 heterocycles. The molecular weight excluding hydrogens is 298 g/mol. The zero-order valence-corrected chi connectivity index (χ0v) is 13.9. The van der Waals surface area contributed by atoms with Gasteiger partial charge >= 0.3 is 51.4 Å². The first-order valence-electron chi connectivity index (χ1n) is 4.96. The Bertz CT molecular complexity index is 610. The zero-order chi connectivity index (χ0) is 13.1. The molecule has 1 aromatic heterocycles. The number of carbonyl (C=O) groups excluding carboxylic acids is 1. The number of aromatic nitrogens is 1. The number of rotatable bonds is 3. The Hall–Kier alpha value is -0.504. The molecule has 0 aliphatic carbocycles.